The second-order valence-corrected chi connectivity index (χ2v) is 7.97. The van der Waals surface area contributed by atoms with E-state index < -0.39 is 10.0 Å². The maximum atomic E-state index is 13.4. The molecule has 0 amide bonds. The van der Waals surface area contributed by atoms with Gasteiger partial charge in [-0.05, 0) is 42.0 Å². The molecule has 0 aromatic heterocycles. The van der Waals surface area contributed by atoms with Crippen molar-refractivity contribution in [2.24, 2.45) is 0 Å². The summed E-state index contributed by atoms with van der Waals surface area (Å²) in [6, 6.07) is 20.6. The number of anilines is 2. The largest absolute Gasteiger partial charge is 0.493 e. The summed E-state index contributed by atoms with van der Waals surface area (Å²) in [5, 5.41) is 0. The molecule has 146 valence electrons. The molecule has 0 atom stereocenters. The van der Waals surface area contributed by atoms with Crippen molar-refractivity contribution >= 4 is 21.4 Å². The normalized spacial score (nSPS) is 11.1. The Balaban J connectivity index is 2.11. The molecule has 3 rings (SSSR count). The summed E-state index contributed by atoms with van der Waals surface area (Å²) in [7, 11) is -0.789. The van der Waals surface area contributed by atoms with Gasteiger partial charge in [0.1, 0.15) is 0 Å². The van der Waals surface area contributed by atoms with Crippen LogP contribution in [0.2, 0.25) is 0 Å². The second kappa shape index (κ2) is 8.22. The predicted octanol–water partition coefficient (Wildman–Crippen LogP) is 3.68. The Morgan fingerprint density at radius 3 is 2.11 bits per heavy atom. The monoisotopic (exact) mass is 398 g/mol. The van der Waals surface area contributed by atoms with Crippen LogP contribution in [-0.2, 0) is 16.6 Å². The van der Waals surface area contributed by atoms with Gasteiger partial charge in [-0.15, -0.1) is 0 Å². The average molecular weight is 398 g/mol. The number of nitrogens with zero attached hydrogens (tertiary/aromatic N) is 1. The highest BCUT2D eigenvalue weighted by Crippen LogP contribution is 2.34. The van der Waals surface area contributed by atoms with Crippen LogP contribution in [0.5, 0.6) is 11.5 Å². The second-order valence-electron chi connectivity index (χ2n) is 6.11. The van der Waals surface area contributed by atoms with Crippen molar-refractivity contribution < 1.29 is 17.9 Å². The first-order valence-electron chi connectivity index (χ1n) is 8.60. The fraction of sp³-hybridized carbons (Fsp3) is 0.143. The molecule has 0 radical (unpaired) electrons. The van der Waals surface area contributed by atoms with Gasteiger partial charge < -0.3 is 15.2 Å². The Morgan fingerprint density at radius 2 is 1.50 bits per heavy atom. The number of nitrogens with two attached hydrogens (primary N) is 1. The Hall–Kier alpha value is -3.19. The van der Waals surface area contributed by atoms with Gasteiger partial charge in [-0.2, -0.15) is 0 Å². The molecule has 7 heteroatoms. The summed E-state index contributed by atoms with van der Waals surface area (Å²) in [4.78, 5) is 0.160. The van der Waals surface area contributed by atoms with E-state index in [4.69, 9.17) is 15.2 Å². The number of benzene rings is 3. The third kappa shape index (κ3) is 4.04. The van der Waals surface area contributed by atoms with Crippen molar-refractivity contribution in [3.63, 3.8) is 0 Å². The summed E-state index contributed by atoms with van der Waals surface area (Å²) in [6.07, 6.45) is 0. The van der Waals surface area contributed by atoms with Crippen LogP contribution in [0.15, 0.2) is 77.7 Å². The van der Waals surface area contributed by atoms with Gasteiger partial charge in [0.05, 0.1) is 31.3 Å². The predicted molar refractivity (Wildman–Crippen MR) is 110 cm³/mol. The molecule has 0 saturated heterocycles. The first-order chi connectivity index (χ1) is 13.5. The molecule has 3 aromatic rings. The summed E-state index contributed by atoms with van der Waals surface area (Å²) < 4.78 is 38.8. The highest BCUT2D eigenvalue weighted by atomic mass is 32.2. The lowest BCUT2D eigenvalue weighted by atomic mass is 10.2. The van der Waals surface area contributed by atoms with E-state index >= 15 is 0 Å². The fourth-order valence-electron chi connectivity index (χ4n) is 2.81. The summed E-state index contributed by atoms with van der Waals surface area (Å²) in [5.74, 6) is 0.973. The summed E-state index contributed by atoms with van der Waals surface area (Å²) in [5.41, 5.74) is 7.54. The van der Waals surface area contributed by atoms with Gasteiger partial charge in [-0.25, -0.2) is 8.42 Å². The number of methoxy groups -OCH3 is 2. The van der Waals surface area contributed by atoms with Gasteiger partial charge in [-0.1, -0.05) is 30.3 Å². The van der Waals surface area contributed by atoms with Gasteiger partial charge in [-0.3, -0.25) is 4.31 Å². The molecule has 0 aliphatic carbocycles. The molecule has 0 saturated carbocycles. The van der Waals surface area contributed by atoms with Crippen LogP contribution in [0.1, 0.15) is 5.56 Å². The van der Waals surface area contributed by atoms with Crippen LogP contribution in [0, 0.1) is 0 Å². The van der Waals surface area contributed by atoms with E-state index in [2.05, 4.69) is 0 Å². The van der Waals surface area contributed by atoms with Crippen molar-refractivity contribution in [3.05, 3.63) is 78.4 Å². The Bertz CT molecular complexity index is 1040. The molecule has 0 aliphatic rings. The molecule has 28 heavy (non-hydrogen) atoms. The zero-order valence-corrected chi connectivity index (χ0v) is 16.5. The van der Waals surface area contributed by atoms with E-state index in [0.29, 0.717) is 22.9 Å². The van der Waals surface area contributed by atoms with E-state index in [1.165, 1.54) is 30.7 Å². The molecular formula is C21H22N2O4S. The van der Waals surface area contributed by atoms with Gasteiger partial charge in [0, 0.05) is 11.8 Å². The molecule has 0 bridgehead atoms. The SMILES string of the molecule is COc1ccc(N(Cc2ccccc2)S(=O)(=O)c2ccc(N)cc2)cc1OC. The Morgan fingerprint density at radius 1 is 0.857 bits per heavy atom. The number of hydrogen-bond acceptors (Lipinski definition) is 5. The van der Waals surface area contributed by atoms with Crippen molar-refractivity contribution in [1.82, 2.24) is 0 Å². The van der Waals surface area contributed by atoms with Crippen LogP contribution in [0.4, 0.5) is 11.4 Å². The third-order valence-corrected chi connectivity index (χ3v) is 6.08. The number of nitrogen functional groups attached to an aromatic ring is 1. The number of hydrogen-bond donors (Lipinski definition) is 1. The topological polar surface area (TPSA) is 81.9 Å². The number of ether oxygens (including phenoxy) is 2. The fourth-order valence-corrected chi connectivity index (χ4v) is 4.26. The zero-order chi connectivity index (χ0) is 20.1. The van der Waals surface area contributed by atoms with Gasteiger partial charge in [0.2, 0.25) is 0 Å². The number of sulfonamides is 1. The van der Waals surface area contributed by atoms with Crippen molar-refractivity contribution in [2.45, 2.75) is 11.4 Å². The number of rotatable bonds is 7. The average Bonchev–Trinajstić information content (AvgIpc) is 2.72. The highest BCUT2D eigenvalue weighted by Gasteiger charge is 2.26. The first kappa shape index (κ1) is 19.6. The van der Waals surface area contributed by atoms with Gasteiger partial charge >= 0.3 is 0 Å². The van der Waals surface area contributed by atoms with Crippen LogP contribution < -0.4 is 19.5 Å². The van der Waals surface area contributed by atoms with E-state index in [0.717, 1.165) is 5.56 Å². The molecule has 6 nitrogen and oxygen atoms in total. The van der Waals surface area contributed by atoms with E-state index in [1.807, 2.05) is 30.3 Å². The maximum Gasteiger partial charge on any atom is 0.264 e. The minimum atomic E-state index is -3.83. The van der Waals surface area contributed by atoms with E-state index in [1.54, 1.807) is 30.3 Å². The lowest BCUT2D eigenvalue weighted by Gasteiger charge is -2.25. The Labute approximate surface area is 165 Å². The third-order valence-electron chi connectivity index (χ3n) is 4.29. The molecule has 0 spiro atoms. The van der Waals surface area contributed by atoms with Crippen molar-refractivity contribution in [2.75, 3.05) is 24.3 Å². The first-order valence-corrected chi connectivity index (χ1v) is 10.0. The van der Waals surface area contributed by atoms with Crippen LogP contribution in [0.25, 0.3) is 0 Å². The van der Waals surface area contributed by atoms with E-state index in [9.17, 15) is 8.42 Å². The zero-order valence-electron chi connectivity index (χ0n) is 15.7. The molecule has 0 heterocycles. The summed E-state index contributed by atoms with van der Waals surface area (Å²) in [6.45, 7) is 0.170. The molecule has 3 aromatic carbocycles. The minimum absolute atomic E-state index is 0.160. The molecule has 2 N–H and O–H groups in total. The van der Waals surface area contributed by atoms with Crippen LogP contribution in [-0.4, -0.2) is 22.6 Å². The van der Waals surface area contributed by atoms with Crippen molar-refractivity contribution in [3.8, 4) is 11.5 Å². The lowest BCUT2D eigenvalue weighted by molar-refractivity contribution is 0.355. The van der Waals surface area contributed by atoms with Gasteiger partial charge in [0.25, 0.3) is 10.0 Å². The quantitative estimate of drug-likeness (QED) is 0.614. The smallest absolute Gasteiger partial charge is 0.264 e. The molecule has 0 unspecified atom stereocenters. The van der Waals surface area contributed by atoms with Crippen LogP contribution in [0.3, 0.4) is 0 Å². The van der Waals surface area contributed by atoms with Crippen LogP contribution >= 0.6 is 0 Å². The van der Waals surface area contributed by atoms with Crippen molar-refractivity contribution in [1.29, 1.82) is 0 Å². The van der Waals surface area contributed by atoms with E-state index in [-0.39, 0.29) is 11.4 Å². The summed E-state index contributed by atoms with van der Waals surface area (Å²) >= 11 is 0. The Kier molecular flexibility index (Phi) is 5.75. The maximum absolute atomic E-state index is 13.4. The lowest BCUT2D eigenvalue weighted by Crippen LogP contribution is -2.30. The minimum Gasteiger partial charge on any atom is -0.493 e. The molecule has 0 aliphatic heterocycles. The highest BCUT2D eigenvalue weighted by molar-refractivity contribution is 7.92. The molecular weight excluding hydrogens is 376 g/mol. The standard InChI is InChI=1S/C21H22N2O4S/c1-26-20-13-10-18(14-21(20)27-2)23(15-16-6-4-3-5-7-16)28(24,25)19-11-8-17(22)9-12-19/h3-14H,15,22H2,1-2H3. The van der Waals surface area contributed by atoms with Gasteiger partial charge in [0.15, 0.2) is 11.5 Å². The molecule has 0 fully saturated rings.